The Morgan fingerprint density at radius 2 is 2.11 bits per heavy atom. The van der Waals surface area contributed by atoms with Crippen LogP contribution < -0.4 is 10.5 Å². The van der Waals surface area contributed by atoms with Gasteiger partial charge in [-0.1, -0.05) is 11.6 Å². The van der Waals surface area contributed by atoms with Gasteiger partial charge in [0.05, 0.1) is 6.61 Å². The van der Waals surface area contributed by atoms with E-state index in [1.807, 2.05) is 26.0 Å². The van der Waals surface area contributed by atoms with Crippen LogP contribution in [0, 0.1) is 12.8 Å². The molecule has 0 amide bonds. The summed E-state index contributed by atoms with van der Waals surface area (Å²) in [5.74, 6) is 1.74. The van der Waals surface area contributed by atoms with Crippen LogP contribution in [0.25, 0.3) is 0 Å². The zero-order valence-corrected chi connectivity index (χ0v) is 12.5. The second-order valence-electron chi connectivity index (χ2n) is 5.15. The maximum atomic E-state index is 6.08. The van der Waals surface area contributed by atoms with Gasteiger partial charge in [-0.2, -0.15) is 0 Å². The van der Waals surface area contributed by atoms with Crippen molar-refractivity contribution in [2.75, 3.05) is 6.61 Å². The van der Waals surface area contributed by atoms with Crippen LogP contribution in [0.2, 0.25) is 5.02 Å². The largest absolute Gasteiger partial charge is 0.493 e. The molecular weight excluding hydrogens is 269 g/mol. The zero-order valence-electron chi connectivity index (χ0n) is 10.9. The van der Waals surface area contributed by atoms with Crippen molar-refractivity contribution in [3.8, 4) is 5.75 Å². The van der Waals surface area contributed by atoms with Gasteiger partial charge in [0.25, 0.3) is 0 Å². The minimum atomic E-state index is 0. The number of hydrogen-bond acceptors (Lipinski definition) is 2. The molecule has 1 aliphatic carbocycles. The summed E-state index contributed by atoms with van der Waals surface area (Å²) in [6.07, 6.45) is 3.41. The van der Waals surface area contributed by atoms with Crippen molar-refractivity contribution in [3.05, 3.63) is 28.3 Å². The molecular formula is C14H21Cl2NO. The van der Waals surface area contributed by atoms with Crippen LogP contribution in [-0.2, 0) is 6.42 Å². The van der Waals surface area contributed by atoms with Crippen molar-refractivity contribution in [3.63, 3.8) is 0 Å². The van der Waals surface area contributed by atoms with Crippen LogP contribution in [0.15, 0.2) is 12.1 Å². The second kappa shape index (κ2) is 6.65. The first-order valence-electron chi connectivity index (χ1n) is 6.23. The Morgan fingerprint density at radius 1 is 1.44 bits per heavy atom. The van der Waals surface area contributed by atoms with Crippen LogP contribution in [-0.4, -0.2) is 12.6 Å². The number of halogens is 2. The lowest BCUT2D eigenvalue weighted by molar-refractivity contribution is 0.294. The van der Waals surface area contributed by atoms with Gasteiger partial charge in [0.15, 0.2) is 0 Å². The van der Waals surface area contributed by atoms with Gasteiger partial charge in [0, 0.05) is 11.1 Å². The molecule has 18 heavy (non-hydrogen) atoms. The van der Waals surface area contributed by atoms with Gasteiger partial charge in [-0.05, 0) is 62.3 Å². The van der Waals surface area contributed by atoms with Crippen LogP contribution in [0.4, 0.5) is 0 Å². The Morgan fingerprint density at radius 3 is 2.67 bits per heavy atom. The molecule has 2 N–H and O–H groups in total. The van der Waals surface area contributed by atoms with E-state index >= 15 is 0 Å². The minimum Gasteiger partial charge on any atom is -0.493 e. The molecule has 2 rings (SSSR count). The summed E-state index contributed by atoms with van der Waals surface area (Å²) in [7, 11) is 0. The van der Waals surface area contributed by atoms with Gasteiger partial charge in [0.1, 0.15) is 5.75 Å². The molecule has 1 aromatic carbocycles. The fourth-order valence-corrected chi connectivity index (χ4v) is 2.29. The monoisotopic (exact) mass is 289 g/mol. The Hall–Kier alpha value is -0.440. The lowest BCUT2D eigenvalue weighted by Crippen LogP contribution is -2.18. The highest BCUT2D eigenvalue weighted by atomic mass is 35.5. The Kier molecular flexibility index (Phi) is 5.77. The third-order valence-electron chi connectivity index (χ3n) is 3.02. The van der Waals surface area contributed by atoms with Crippen molar-refractivity contribution in [2.24, 2.45) is 11.7 Å². The van der Waals surface area contributed by atoms with E-state index in [0.717, 1.165) is 40.8 Å². The third kappa shape index (κ3) is 4.34. The van der Waals surface area contributed by atoms with Gasteiger partial charge in [-0.15, -0.1) is 12.4 Å². The topological polar surface area (TPSA) is 35.2 Å². The van der Waals surface area contributed by atoms with E-state index in [9.17, 15) is 0 Å². The van der Waals surface area contributed by atoms with Crippen molar-refractivity contribution in [2.45, 2.75) is 39.2 Å². The molecule has 1 fully saturated rings. The van der Waals surface area contributed by atoms with E-state index < -0.39 is 0 Å². The number of ether oxygens (including phenoxy) is 1. The molecule has 2 nitrogen and oxygen atoms in total. The molecule has 0 radical (unpaired) electrons. The summed E-state index contributed by atoms with van der Waals surface area (Å²) >= 11 is 6.08. The molecule has 1 unspecified atom stereocenters. The molecule has 0 bridgehead atoms. The SMILES string of the molecule is Cc1cc(Cl)cc(CC(C)N)c1OCC1CC1.Cl. The van der Waals surface area contributed by atoms with Gasteiger partial charge in [-0.3, -0.25) is 0 Å². The number of aryl methyl sites for hydroxylation is 1. The Labute approximate surface area is 120 Å². The molecule has 1 atom stereocenters. The van der Waals surface area contributed by atoms with Crippen molar-refractivity contribution in [1.29, 1.82) is 0 Å². The predicted octanol–water partition coefficient (Wildman–Crippen LogP) is 3.75. The molecule has 0 aliphatic heterocycles. The zero-order chi connectivity index (χ0) is 12.4. The summed E-state index contributed by atoms with van der Waals surface area (Å²) < 4.78 is 5.93. The Balaban J connectivity index is 0.00000162. The maximum Gasteiger partial charge on any atom is 0.125 e. The molecule has 1 aromatic rings. The highest BCUT2D eigenvalue weighted by Crippen LogP contribution is 2.33. The summed E-state index contributed by atoms with van der Waals surface area (Å²) in [5, 5.41) is 0.761. The highest BCUT2D eigenvalue weighted by Gasteiger charge is 2.23. The van der Waals surface area contributed by atoms with Crippen molar-refractivity contribution in [1.82, 2.24) is 0 Å². The van der Waals surface area contributed by atoms with Crippen LogP contribution in [0.1, 0.15) is 30.9 Å². The third-order valence-corrected chi connectivity index (χ3v) is 3.24. The number of benzene rings is 1. The summed E-state index contributed by atoms with van der Waals surface area (Å²) in [5.41, 5.74) is 8.10. The molecule has 0 spiro atoms. The van der Waals surface area contributed by atoms with E-state index in [1.54, 1.807) is 0 Å². The first-order chi connectivity index (χ1) is 8.06. The molecule has 1 saturated carbocycles. The number of nitrogens with two attached hydrogens (primary N) is 1. The predicted molar refractivity (Wildman–Crippen MR) is 79.0 cm³/mol. The second-order valence-corrected chi connectivity index (χ2v) is 5.58. The van der Waals surface area contributed by atoms with Crippen LogP contribution in [0.3, 0.4) is 0 Å². The quantitative estimate of drug-likeness (QED) is 0.896. The van der Waals surface area contributed by atoms with E-state index in [2.05, 4.69) is 0 Å². The minimum absolute atomic E-state index is 0. The van der Waals surface area contributed by atoms with E-state index in [4.69, 9.17) is 22.1 Å². The fourth-order valence-electron chi connectivity index (χ4n) is 1.99. The van der Waals surface area contributed by atoms with Gasteiger partial charge in [-0.25, -0.2) is 0 Å². The average molecular weight is 290 g/mol. The van der Waals surface area contributed by atoms with Gasteiger partial charge in [0.2, 0.25) is 0 Å². The lowest BCUT2D eigenvalue weighted by atomic mass is 10.0. The smallest absolute Gasteiger partial charge is 0.125 e. The van der Waals surface area contributed by atoms with Gasteiger partial charge < -0.3 is 10.5 Å². The molecule has 4 heteroatoms. The molecule has 0 saturated heterocycles. The first kappa shape index (κ1) is 15.6. The van der Waals surface area contributed by atoms with Crippen molar-refractivity contribution >= 4 is 24.0 Å². The van der Waals surface area contributed by atoms with Crippen molar-refractivity contribution < 1.29 is 4.74 Å². The van der Waals surface area contributed by atoms with Crippen LogP contribution in [0.5, 0.6) is 5.75 Å². The molecule has 0 aromatic heterocycles. The normalized spacial score (nSPS) is 16.0. The van der Waals surface area contributed by atoms with E-state index in [-0.39, 0.29) is 18.4 Å². The molecule has 1 aliphatic rings. The van der Waals surface area contributed by atoms with E-state index in [1.165, 1.54) is 12.8 Å². The maximum absolute atomic E-state index is 6.08. The van der Waals surface area contributed by atoms with Crippen LogP contribution >= 0.6 is 24.0 Å². The van der Waals surface area contributed by atoms with Gasteiger partial charge >= 0.3 is 0 Å². The molecule has 102 valence electrons. The van der Waals surface area contributed by atoms with E-state index in [0.29, 0.717) is 0 Å². The number of rotatable bonds is 5. The Bertz CT molecular complexity index is 403. The summed E-state index contributed by atoms with van der Waals surface area (Å²) in [6, 6.07) is 4.05. The highest BCUT2D eigenvalue weighted by molar-refractivity contribution is 6.30. The summed E-state index contributed by atoms with van der Waals surface area (Å²) in [6.45, 7) is 4.87. The average Bonchev–Trinajstić information content (AvgIpc) is 2.98. The lowest BCUT2D eigenvalue weighted by Gasteiger charge is -2.16. The summed E-state index contributed by atoms with van der Waals surface area (Å²) in [4.78, 5) is 0. The fraction of sp³-hybridized carbons (Fsp3) is 0.571. The first-order valence-corrected chi connectivity index (χ1v) is 6.61. The molecule has 0 heterocycles. The number of hydrogen-bond donors (Lipinski definition) is 1. The standard InChI is InChI=1S/C14H20ClNO.ClH/c1-9-5-13(15)7-12(6-10(2)16)14(9)17-8-11-3-4-11;/h5,7,10-11H,3-4,6,8,16H2,1-2H3;1H.